The van der Waals surface area contributed by atoms with E-state index in [1.807, 2.05) is 12.1 Å². The van der Waals surface area contributed by atoms with Crippen molar-refractivity contribution in [2.24, 2.45) is 5.92 Å². The average molecular weight is 339 g/mol. The second-order valence-corrected chi connectivity index (χ2v) is 8.17. The fourth-order valence-corrected chi connectivity index (χ4v) is 4.58. The third kappa shape index (κ3) is 4.20. The normalized spacial score (nSPS) is 23.7. The number of hydrogen-bond donors (Lipinski definition) is 1. The minimum atomic E-state index is -3.03. The van der Waals surface area contributed by atoms with Crippen molar-refractivity contribution in [2.45, 2.75) is 13.0 Å². The van der Waals surface area contributed by atoms with Gasteiger partial charge in [-0.3, -0.25) is 4.79 Å². The third-order valence-electron chi connectivity index (χ3n) is 4.21. The van der Waals surface area contributed by atoms with Crippen LogP contribution in [0.25, 0.3) is 0 Å². The summed E-state index contributed by atoms with van der Waals surface area (Å²) in [6.45, 7) is 3.46. The lowest BCUT2D eigenvalue weighted by Crippen LogP contribution is -2.36. The molecule has 126 valence electrons. The molecule has 2 fully saturated rings. The molecule has 8 heteroatoms. The number of amides is 1. The standard InChI is InChI=1S/C15H21N3O4S/c19-15(13-3-8-23(20,21)11-13)17-10-12-1-2-14(16-9-12)18-4-6-22-7-5-18/h1-2,9,13H,3-8,10-11H2,(H,17,19)/t13-/m0/s1. The molecular formula is C15H21N3O4S. The maximum atomic E-state index is 12.0. The fourth-order valence-electron chi connectivity index (χ4n) is 2.84. The van der Waals surface area contributed by atoms with Gasteiger partial charge in [0.1, 0.15) is 5.82 Å². The first kappa shape index (κ1) is 16.2. The molecule has 0 bridgehead atoms. The van der Waals surface area contributed by atoms with Crippen molar-refractivity contribution in [1.82, 2.24) is 10.3 Å². The van der Waals surface area contributed by atoms with Crippen LogP contribution in [0.4, 0.5) is 5.82 Å². The van der Waals surface area contributed by atoms with Gasteiger partial charge < -0.3 is 15.0 Å². The van der Waals surface area contributed by atoms with E-state index in [0.29, 0.717) is 26.2 Å². The third-order valence-corrected chi connectivity index (χ3v) is 5.98. The van der Waals surface area contributed by atoms with E-state index in [1.54, 1.807) is 6.20 Å². The Kier molecular flexibility index (Phi) is 4.82. The van der Waals surface area contributed by atoms with E-state index in [-0.39, 0.29) is 17.4 Å². The number of anilines is 1. The van der Waals surface area contributed by atoms with Crippen molar-refractivity contribution >= 4 is 21.6 Å². The lowest BCUT2D eigenvalue weighted by atomic mass is 10.1. The lowest BCUT2D eigenvalue weighted by molar-refractivity contribution is -0.124. The van der Waals surface area contributed by atoms with Gasteiger partial charge in [0.05, 0.1) is 30.6 Å². The molecule has 1 aromatic heterocycles. The van der Waals surface area contributed by atoms with Crippen LogP contribution in [0.1, 0.15) is 12.0 Å². The largest absolute Gasteiger partial charge is 0.378 e. The summed E-state index contributed by atoms with van der Waals surface area (Å²) < 4.78 is 28.1. The van der Waals surface area contributed by atoms with Gasteiger partial charge in [-0.15, -0.1) is 0 Å². The molecule has 0 radical (unpaired) electrons. The second-order valence-electron chi connectivity index (χ2n) is 5.94. The zero-order valence-corrected chi connectivity index (χ0v) is 13.7. The lowest BCUT2D eigenvalue weighted by Gasteiger charge is -2.27. The highest BCUT2D eigenvalue weighted by atomic mass is 32.2. The molecule has 23 heavy (non-hydrogen) atoms. The van der Waals surface area contributed by atoms with Crippen LogP contribution in [0, 0.1) is 5.92 Å². The zero-order valence-electron chi connectivity index (χ0n) is 12.9. The highest BCUT2D eigenvalue weighted by molar-refractivity contribution is 7.91. The number of sulfone groups is 1. The molecule has 3 heterocycles. The van der Waals surface area contributed by atoms with Crippen molar-refractivity contribution < 1.29 is 17.9 Å². The average Bonchev–Trinajstić information content (AvgIpc) is 2.94. The Morgan fingerprint density at radius 1 is 1.35 bits per heavy atom. The monoisotopic (exact) mass is 339 g/mol. The molecule has 2 aliphatic rings. The van der Waals surface area contributed by atoms with E-state index in [9.17, 15) is 13.2 Å². The van der Waals surface area contributed by atoms with Gasteiger partial charge in [-0.25, -0.2) is 13.4 Å². The van der Waals surface area contributed by atoms with Crippen LogP contribution < -0.4 is 10.2 Å². The van der Waals surface area contributed by atoms with Crippen LogP contribution in [0.3, 0.4) is 0 Å². The van der Waals surface area contributed by atoms with Crippen LogP contribution >= 0.6 is 0 Å². The van der Waals surface area contributed by atoms with E-state index in [4.69, 9.17) is 4.74 Å². The minimum absolute atomic E-state index is 0.0347. The van der Waals surface area contributed by atoms with Gasteiger partial charge in [0.15, 0.2) is 9.84 Å². The SMILES string of the molecule is O=C(NCc1ccc(N2CCOCC2)nc1)[C@H]1CCS(=O)(=O)C1. The van der Waals surface area contributed by atoms with Crippen molar-refractivity contribution in [3.8, 4) is 0 Å². The van der Waals surface area contributed by atoms with Crippen LogP contribution in [0.5, 0.6) is 0 Å². The van der Waals surface area contributed by atoms with Crippen molar-refractivity contribution in [3.63, 3.8) is 0 Å². The summed E-state index contributed by atoms with van der Waals surface area (Å²) in [5, 5.41) is 2.80. The maximum Gasteiger partial charge on any atom is 0.224 e. The quantitative estimate of drug-likeness (QED) is 0.829. The smallest absolute Gasteiger partial charge is 0.224 e. The number of carbonyl (C=O) groups excluding carboxylic acids is 1. The predicted molar refractivity (Wildman–Crippen MR) is 85.9 cm³/mol. The highest BCUT2D eigenvalue weighted by Gasteiger charge is 2.32. The number of ether oxygens (including phenoxy) is 1. The van der Waals surface area contributed by atoms with E-state index < -0.39 is 15.8 Å². The molecule has 1 amide bonds. The van der Waals surface area contributed by atoms with Crippen molar-refractivity contribution in [2.75, 3.05) is 42.7 Å². The van der Waals surface area contributed by atoms with Crippen LogP contribution in [-0.2, 0) is 25.9 Å². The Hall–Kier alpha value is -1.67. The summed E-state index contributed by atoms with van der Waals surface area (Å²) in [6.07, 6.45) is 2.17. The summed E-state index contributed by atoms with van der Waals surface area (Å²) in [7, 11) is -3.03. The van der Waals surface area contributed by atoms with Crippen LogP contribution in [-0.4, -0.2) is 57.1 Å². The second kappa shape index (κ2) is 6.84. The molecule has 1 N–H and O–H groups in total. The molecule has 1 aromatic rings. The summed E-state index contributed by atoms with van der Waals surface area (Å²) in [5.74, 6) is 0.377. The number of morpholine rings is 1. The predicted octanol–water partition coefficient (Wildman–Crippen LogP) is -0.0309. The van der Waals surface area contributed by atoms with Gasteiger partial charge >= 0.3 is 0 Å². The maximum absolute atomic E-state index is 12.0. The van der Waals surface area contributed by atoms with Crippen molar-refractivity contribution in [3.05, 3.63) is 23.9 Å². The van der Waals surface area contributed by atoms with Gasteiger partial charge in [-0.1, -0.05) is 6.07 Å². The molecule has 0 aromatic carbocycles. The van der Waals surface area contributed by atoms with Crippen LogP contribution in [0.15, 0.2) is 18.3 Å². The minimum Gasteiger partial charge on any atom is -0.378 e. The molecule has 2 aliphatic heterocycles. The highest BCUT2D eigenvalue weighted by Crippen LogP contribution is 2.18. The Morgan fingerprint density at radius 2 is 2.13 bits per heavy atom. The molecule has 0 aliphatic carbocycles. The van der Waals surface area contributed by atoms with E-state index in [0.717, 1.165) is 24.5 Å². The van der Waals surface area contributed by atoms with Crippen LogP contribution in [0.2, 0.25) is 0 Å². The molecule has 0 spiro atoms. The number of hydrogen-bond acceptors (Lipinski definition) is 6. The Bertz CT molecular complexity index is 654. The zero-order chi connectivity index (χ0) is 16.3. The summed E-state index contributed by atoms with van der Waals surface area (Å²) in [5.41, 5.74) is 0.899. The molecule has 0 unspecified atom stereocenters. The Labute approximate surface area is 135 Å². The van der Waals surface area contributed by atoms with E-state index >= 15 is 0 Å². The number of pyridine rings is 1. The number of carbonyl (C=O) groups is 1. The van der Waals surface area contributed by atoms with Gasteiger partial charge in [-0.2, -0.15) is 0 Å². The van der Waals surface area contributed by atoms with E-state index in [1.165, 1.54) is 0 Å². The summed E-state index contributed by atoms with van der Waals surface area (Å²) >= 11 is 0. The first-order valence-corrected chi connectivity index (χ1v) is 9.61. The molecule has 7 nitrogen and oxygen atoms in total. The summed E-state index contributed by atoms with van der Waals surface area (Å²) in [4.78, 5) is 18.6. The van der Waals surface area contributed by atoms with Gasteiger partial charge in [0, 0.05) is 25.8 Å². The first-order valence-electron chi connectivity index (χ1n) is 7.79. The molecule has 3 rings (SSSR count). The number of nitrogens with zero attached hydrogens (tertiary/aromatic N) is 2. The number of nitrogens with one attached hydrogen (secondary N) is 1. The van der Waals surface area contributed by atoms with Gasteiger partial charge in [0.25, 0.3) is 0 Å². The first-order chi connectivity index (χ1) is 11.0. The number of rotatable bonds is 4. The fraction of sp³-hybridized carbons (Fsp3) is 0.600. The molecular weight excluding hydrogens is 318 g/mol. The number of aromatic nitrogens is 1. The van der Waals surface area contributed by atoms with Crippen molar-refractivity contribution in [1.29, 1.82) is 0 Å². The van der Waals surface area contributed by atoms with Gasteiger partial charge in [0.2, 0.25) is 5.91 Å². The topological polar surface area (TPSA) is 88.6 Å². The van der Waals surface area contributed by atoms with E-state index in [2.05, 4.69) is 15.2 Å². The molecule has 2 saturated heterocycles. The van der Waals surface area contributed by atoms with Gasteiger partial charge in [-0.05, 0) is 18.1 Å². The Balaban J connectivity index is 1.51. The molecule has 1 atom stereocenters. The summed E-state index contributed by atoms with van der Waals surface area (Å²) in [6, 6.07) is 3.87. The molecule has 0 saturated carbocycles. The Morgan fingerprint density at radius 3 is 2.74 bits per heavy atom.